The maximum Gasteiger partial charge on any atom is 0.266 e. The Bertz CT molecular complexity index is 936. The molecular weight excluding hydrogens is 328 g/mol. The number of aryl methyl sites for hydroxylation is 2. The van der Waals surface area contributed by atoms with Crippen molar-refractivity contribution in [2.75, 3.05) is 24.3 Å². The summed E-state index contributed by atoms with van der Waals surface area (Å²) in [6.07, 6.45) is 0.733. The summed E-state index contributed by atoms with van der Waals surface area (Å²) < 4.78 is 0. The van der Waals surface area contributed by atoms with Crippen LogP contribution < -0.4 is 15.8 Å². The highest BCUT2D eigenvalue weighted by Crippen LogP contribution is 2.22. The van der Waals surface area contributed by atoms with Gasteiger partial charge in [0.1, 0.15) is 11.6 Å². The van der Waals surface area contributed by atoms with Crippen molar-refractivity contribution >= 4 is 17.3 Å². The van der Waals surface area contributed by atoms with E-state index in [1.165, 1.54) is 0 Å². The fourth-order valence-electron chi connectivity index (χ4n) is 2.94. The number of rotatable bonds is 5. The average molecular weight is 352 g/mol. The highest BCUT2D eigenvalue weighted by Gasteiger charge is 2.14. The molecule has 0 radical (unpaired) electrons. The molecule has 2 aromatic rings. The van der Waals surface area contributed by atoms with Gasteiger partial charge in [-0.1, -0.05) is 0 Å². The van der Waals surface area contributed by atoms with Gasteiger partial charge in [-0.05, 0) is 62.1 Å². The summed E-state index contributed by atoms with van der Waals surface area (Å²) in [6, 6.07) is 7.80. The highest BCUT2D eigenvalue weighted by atomic mass is 16.1. The molecule has 0 spiro atoms. The fourth-order valence-corrected chi connectivity index (χ4v) is 2.94. The summed E-state index contributed by atoms with van der Waals surface area (Å²) in [4.78, 5) is 28.8. The molecule has 0 aliphatic rings. The Hall–Kier alpha value is -3.07. The number of amides is 1. The molecule has 1 heterocycles. The molecule has 0 bridgehead atoms. The topological polar surface area (TPSA) is 89.0 Å². The highest BCUT2D eigenvalue weighted by molar-refractivity contribution is 5.92. The molecule has 1 aromatic heterocycles. The minimum Gasteiger partial charge on any atom is -0.378 e. The predicted molar refractivity (Wildman–Crippen MR) is 104 cm³/mol. The molecule has 1 aromatic carbocycles. The number of aromatic amines is 1. The lowest BCUT2D eigenvalue weighted by atomic mass is 9.99. The van der Waals surface area contributed by atoms with Gasteiger partial charge in [0.15, 0.2) is 0 Å². The van der Waals surface area contributed by atoms with Crippen LogP contribution in [-0.4, -0.2) is 25.0 Å². The maximum absolute atomic E-state index is 12.3. The van der Waals surface area contributed by atoms with Crippen molar-refractivity contribution in [1.82, 2.24) is 4.98 Å². The van der Waals surface area contributed by atoms with Gasteiger partial charge >= 0.3 is 0 Å². The first-order valence-corrected chi connectivity index (χ1v) is 8.45. The molecule has 0 atom stereocenters. The molecule has 6 heteroatoms. The molecule has 2 N–H and O–H groups in total. The van der Waals surface area contributed by atoms with Crippen molar-refractivity contribution in [1.29, 1.82) is 5.26 Å². The molecule has 136 valence electrons. The first-order valence-electron chi connectivity index (χ1n) is 8.45. The fraction of sp³-hybridized carbons (Fsp3) is 0.350. The molecule has 1 amide bonds. The smallest absolute Gasteiger partial charge is 0.266 e. The third-order valence-electron chi connectivity index (χ3n) is 4.52. The van der Waals surface area contributed by atoms with Crippen LogP contribution in [0.2, 0.25) is 0 Å². The minimum absolute atomic E-state index is 0.103. The Morgan fingerprint density at radius 1 is 1.27 bits per heavy atom. The lowest BCUT2D eigenvalue weighted by molar-refractivity contribution is -0.116. The number of H-pyrrole nitrogens is 1. The number of carbonyl (C=O) groups is 1. The lowest BCUT2D eigenvalue weighted by Crippen LogP contribution is -2.18. The van der Waals surface area contributed by atoms with Crippen LogP contribution in [0.25, 0.3) is 0 Å². The van der Waals surface area contributed by atoms with E-state index in [2.05, 4.69) is 10.3 Å². The summed E-state index contributed by atoms with van der Waals surface area (Å²) in [5, 5.41) is 12.1. The number of hydrogen-bond donors (Lipinski definition) is 2. The van der Waals surface area contributed by atoms with E-state index in [9.17, 15) is 9.59 Å². The normalized spacial score (nSPS) is 10.3. The first kappa shape index (κ1) is 19.3. The van der Waals surface area contributed by atoms with E-state index >= 15 is 0 Å². The van der Waals surface area contributed by atoms with E-state index in [0.29, 0.717) is 17.7 Å². The SMILES string of the molecule is Cc1cc(N(C)C)ccc1NC(=O)CCc1c(C)[nH]c(=O)c(C#N)c1C. The largest absolute Gasteiger partial charge is 0.378 e. The Kier molecular flexibility index (Phi) is 5.83. The number of nitrogens with one attached hydrogen (secondary N) is 2. The number of aromatic nitrogens is 1. The van der Waals surface area contributed by atoms with Gasteiger partial charge in [-0.25, -0.2) is 0 Å². The van der Waals surface area contributed by atoms with Gasteiger partial charge in [-0.15, -0.1) is 0 Å². The van der Waals surface area contributed by atoms with Crippen molar-refractivity contribution < 1.29 is 4.79 Å². The molecule has 0 fully saturated rings. The Labute approximate surface area is 153 Å². The van der Waals surface area contributed by atoms with Crippen LogP contribution in [0.15, 0.2) is 23.0 Å². The summed E-state index contributed by atoms with van der Waals surface area (Å²) >= 11 is 0. The van der Waals surface area contributed by atoms with E-state index in [-0.39, 0.29) is 23.5 Å². The molecule has 6 nitrogen and oxygen atoms in total. The van der Waals surface area contributed by atoms with Gasteiger partial charge in [-0.2, -0.15) is 5.26 Å². The van der Waals surface area contributed by atoms with Crippen LogP contribution in [0.4, 0.5) is 11.4 Å². The van der Waals surface area contributed by atoms with Crippen LogP contribution in [0, 0.1) is 32.1 Å². The van der Waals surface area contributed by atoms with Crippen LogP contribution in [-0.2, 0) is 11.2 Å². The molecule has 26 heavy (non-hydrogen) atoms. The summed E-state index contributed by atoms with van der Waals surface area (Å²) in [5.74, 6) is -0.103. The minimum atomic E-state index is -0.382. The van der Waals surface area contributed by atoms with Crippen molar-refractivity contribution in [3.8, 4) is 6.07 Å². The van der Waals surface area contributed by atoms with Crippen molar-refractivity contribution in [3.63, 3.8) is 0 Å². The summed E-state index contributed by atoms with van der Waals surface area (Å²) in [7, 11) is 3.94. The van der Waals surface area contributed by atoms with Gasteiger partial charge in [0.25, 0.3) is 5.56 Å². The zero-order valence-corrected chi connectivity index (χ0v) is 15.9. The Morgan fingerprint density at radius 3 is 2.54 bits per heavy atom. The Morgan fingerprint density at radius 2 is 1.96 bits per heavy atom. The standard InChI is InChI=1S/C20H24N4O2/c1-12-10-15(24(4)5)6-8-18(12)23-19(25)9-7-16-13(2)17(11-21)20(26)22-14(16)3/h6,8,10H,7,9H2,1-5H3,(H,22,26)(H,23,25). The second-order valence-corrected chi connectivity index (χ2v) is 6.61. The van der Waals surface area contributed by atoms with Gasteiger partial charge in [0.05, 0.1) is 0 Å². The number of pyridine rings is 1. The van der Waals surface area contributed by atoms with Gasteiger partial charge in [0, 0.05) is 37.6 Å². The molecule has 0 saturated carbocycles. The van der Waals surface area contributed by atoms with E-state index in [4.69, 9.17) is 5.26 Å². The van der Waals surface area contributed by atoms with E-state index in [0.717, 1.165) is 22.5 Å². The quantitative estimate of drug-likeness (QED) is 0.866. The van der Waals surface area contributed by atoms with Crippen LogP contribution in [0.3, 0.4) is 0 Å². The van der Waals surface area contributed by atoms with Crippen molar-refractivity contribution in [2.24, 2.45) is 0 Å². The maximum atomic E-state index is 12.3. The molecule has 2 rings (SSSR count). The van der Waals surface area contributed by atoms with E-state index < -0.39 is 0 Å². The number of anilines is 2. The second kappa shape index (κ2) is 7.87. The number of hydrogen-bond acceptors (Lipinski definition) is 4. The zero-order valence-electron chi connectivity index (χ0n) is 15.9. The van der Waals surface area contributed by atoms with Crippen LogP contribution >= 0.6 is 0 Å². The van der Waals surface area contributed by atoms with E-state index in [1.54, 1.807) is 13.8 Å². The summed E-state index contributed by atoms with van der Waals surface area (Å²) in [5.41, 5.74) is 4.77. The van der Waals surface area contributed by atoms with Gasteiger partial charge in [0.2, 0.25) is 5.91 Å². The van der Waals surface area contributed by atoms with Gasteiger partial charge < -0.3 is 15.2 Å². The second-order valence-electron chi connectivity index (χ2n) is 6.61. The zero-order chi connectivity index (χ0) is 19.4. The molecule has 0 aliphatic heterocycles. The third kappa shape index (κ3) is 4.12. The first-order chi connectivity index (χ1) is 12.2. The number of benzene rings is 1. The summed E-state index contributed by atoms with van der Waals surface area (Å²) in [6.45, 7) is 5.49. The molecule has 0 saturated heterocycles. The third-order valence-corrected chi connectivity index (χ3v) is 4.52. The lowest BCUT2D eigenvalue weighted by Gasteiger charge is -2.16. The Balaban J connectivity index is 2.11. The van der Waals surface area contributed by atoms with Crippen molar-refractivity contribution in [2.45, 2.75) is 33.6 Å². The molecule has 0 unspecified atom stereocenters. The molecule has 0 aliphatic carbocycles. The average Bonchev–Trinajstić information content (AvgIpc) is 2.56. The van der Waals surface area contributed by atoms with Gasteiger partial charge in [-0.3, -0.25) is 9.59 Å². The monoisotopic (exact) mass is 352 g/mol. The number of carbonyl (C=O) groups excluding carboxylic acids is 1. The number of nitrogens with zero attached hydrogens (tertiary/aromatic N) is 2. The van der Waals surface area contributed by atoms with Crippen molar-refractivity contribution in [3.05, 3.63) is 56.5 Å². The van der Waals surface area contributed by atoms with Crippen LogP contribution in [0.1, 0.15) is 34.4 Å². The predicted octanol–water partition coefficient (Wildman–Crippen LogP) is 2.81. The van der Waals surface area contributed by atoms with Crippen LogP contribution in [0.5, 0.6) is 0 Å². The molecular formula is C20H24N4O2. The van der Waals surface area contributed by atoms with E-state index in [1.807, 2.05) is 50.2 Å². The number of nitriles is 1.